The van der Waals surface area contributed by atoms with Crippen molar-refractivity contribution in [3.63, 3.8) is 0 Å². The highest BCUT2D eigenvalue weighted by atomic mass is 32.2. The highest BCUT2D eigenvalue weighted by molar-refractivity contribution is 7.90. The molecular weight excluding hydrogens is 390 g/mol. The quantitative estimate of drug-likeness (QED) is 0.593. The predicted octanol–water partition coefficient (Wildman–Crippen LogP) is 2.24. The Hall–Kier alpha value is -2.78. The third-order valence-corrected chi connectivity index (χ3v) is 7.05. The van der Waals surface area contributed by atoms with Crippen molar-refractivity contribution in [2.45, 2.75) is 24.7 Å². The highest BCUT2D eigenvalue weighted by Crippen LogP contribution is 2.28. The maximum Gasteiger partial charge on any atom is 0.269 e. The van der Waals surface area contributed by atoms with E-state index in [4.69, 9.17) is 0 Å². The molecule has 3 heterocycles. The van der Waals surface area contributed by atoms with Gasteiger partial charge in [0, 0.05) is 32.3 Å². The minimum atomic E-state index is -3.77. The number of nitrogens with zero attached hydrogens (tertiary/aromatic N) is 5. The summed E-state index contributed by atoms with van der Waals surface area (Å²) in [6.07, 6.45) is 5.69. The van der Waals surface area contributed by atoms with Crippen molar-refractivity contribution in [1.82, 2.24) is 18.9 Å². The first-order valence-electron chi connectivity index (χ1n) is 9.50. The van der Waals surface area contributed by atoms with E-state index >= 15 is 0 Å². The summed E-state index contributed by atoms with van der Waals surface area (Å²) >= 11 is 0. The summed E-state index contributed by atoms with van der Waals surface area (Å²) in [4.78, 5) is 20.0. The van der Waals surface area contributed by atoms with E-state index in [-0.39, 0.29) is 10.8 Å². The molecule has 4 rings (SSSR count). The Morgan fingerprint density at radius 1 is 1.17 bits per heavy atom. The lowest BCUT2D eigenvalue weighted by atomic mass is 10.0. The number of piperidine rings is 1. The molecule has 9 heteroatoms. The van der Waals surface area contributed by atoms with Crippen LogP contribution in [0.4, 0.5) is 5.82 Å². The van der Waals surface area contributed by atoms with Crippen molar-refractivity contribution in [3.8, 4) is 0 Å². The number of carbonyl (C=O) groups is 1. The Morgan fingerprint density at radius 2 is 1.93 bits per heavy atom. The van der Waals surface area contributed by atoms with Crippen LogP contribution < -0.4 is 5.01 Å². The SMILES string of the molecule is Cc1ccc(S(=O)(=O)n2ccc3c(N(C)N4CCCC(C=O)C4)ncnc32)cc1. The van der Waals surface area contributed by atoms with E-state index in [2.05, 4.69) is 15.0 Å². The first-order chi connectivity index (χ1) is 13.9. The Balaban J connectivity index is 1.73. The minimum absolute atomic E-state index is 0.00459. The Kier molecular flexibility index (Phi) is 5.10. The van der Waals surface area contributed by atoms with Crippen molar-refractivity contribution in [3.05, 3.63) is 48.4 Å². The molecule has 8 nitrogen and oxygen atoms in total. The average Bonchev–Trinajstić information content (AvgIpc) is 3.18. The fourth-order valence-corrected chi connectivity index (χ4v) is 5.00. The van der Waals surface area contributed by atoms with Crippen LogP contribution in [0, 0.1) is 12.8 Å². The second-order valence-corrected chi connectivity index (χ2v) is 9.15. The highest BCUT2D eigenvalue weighted by Gasteiger charge is 2.26. The van der Waals surface area contributed by atoms with Crippen LogP contribution in [0.3, 0.4) is 0 Å². The standard InChI is InChI=1S/C20H23N5O3S/c1-15-5-7-17(8-6-15)29(27,28)25-11-9-18-19(21-14-22-20(18)25)23(2)24-10-3-4-16(12-24)13-26/h5-9,11,13-14,16H,3-4,10,12H2,1-2H3. The number of carbonyl (C=O) groups excluding carboxylic acids is 1. The number of anilines is 1. The van der Waals surface area contributed by atoms with Crippen LogP contribution in [0.15, 0.2) is 47.8 Å². The molecule has 3 aromatic rings. The maximum atomic E-state index is 13.1. The van der Waals surface area contributed by atoms with Crippen molar-refractivity contribution in [2.75, 3.05) is 25.1 Å². The lowest BCUT2D eigenvalue weighted by molar-refractivity contribution is -0.112. The number of aldehydes is 1. The van der Waals surface area contributed by atoms with Gasteiger partial charge in [0.15, 0.2) is 11.5 Å². The molecule has 1 saturated heterocycles. The molecule has 0 saturated carbocycles. The number of hydrazine groups is 1. The maximum absolute atomic E-state index is 13.1. The van der Waals surface area contributed by atoms with Gasteiger partial charge < -0.3 is 4.79 Å². The van der Waals surface area contributed by atoms with Gasteiger partial charge in [-0.2, -0.15) is 0 Å². The molecular formula is C20H23N5O3S. The van der Waals surface area contributed by atoms with Crippen molar-refractivity contribution >= 4 is 33.2 Å². The Labute approximate surface area is 169 Å². The number of aromatic nitrogens is 3. The van der Waals surface area contributed by atoms with Crippen molar-refractivity contribution in [1.29, 1.82) is 0 Å². The van der Waals surface area contributed by atoms with E-state index in [9.17, 15) is 13.2 Å². The molecule has 1 aliphatic heterocycles. The van der Waals surface area contributed by atoms with Gasteiger partial charge in [0.1, 0.15) is 12.6 Å². The van der Waals surface area contributed by atoms with Gasteiger partial charge in [-0.1, -0.05) is 17.7 Å². The van der Waals surface area contributed by atoms with E-state index in [1.54, 1.807) is 30.3 Å². The summed E-state index contributed by atoms with van der Waals surface area (Å²) in [5, 5.41) is 4.59. The summed E-state index contributed by atoms with van der Waals surface area (Å²) in [6.45, 7) is 3.34. The van der Waals surface area contributed by atoms with Gasteiger partial charge in [-0.25, -0.2) is 27.4 Å². The Morgan fingerprint density at radius 3 is 2.66 bits per heavy atom. The molecule has 1 atom stereocenters. The van der Waals surface area contributed by atoms with E-state index in [1.807, 2.05) is 19.0 Å². The number of hydrogen-bond acceptors (Lipinski definition) is 7. The van der Waals surface area contributed by atoms with E-state index in [0.717, 1.165) is 31.2 Å². The summed E-state index contributed by atoms with van der Waals surface area (Å²) < 4.78 is 27.4. The van der Waals surface area contributed by atoms with Crippen LogP contribution in [-0.4, -0.2) is 53.8 Å². The Bertz CT molecular complexity index is 1140. The van der Waals surface area contributed by atoms with Crippen molar-refractivity contribution in [2.24, 2.45) is 5.92 Å². The number of fused-ring (bicyclic) bond motifs is 1. The number of benzene rings is 1. The zero-order valence-electron chi connectivity index (χ0n) is 16.4. The zero-order valence-corrected chi connectivity index (χ0v) is 17.2. The normalized spacial score (nSPS) is 18.1. The van der Waals surface area contributed by atoms with Gasteiger partial charge in [-0.15, -0.1) is 0 Å². The van der Waals surface area contributed by atoms with Crippen LogP contribution >= 0.6 is 0 Å². The first-order valence-corrected chi connectivity index (χ1v) is 10.9. The molecule has 0 amide bonds. The molecule has 1 aliphatic rings. The molecule has 0 N–H and O–H groups in total. The second-order valence-electron chi connectivity index (χ2n) is 7.34. The fraction of sp³-hybridized carbons (Fsp3) is 0.350. The van der Waals surface area contributed by atoms with Gasteiger partial charge in [-0.3, -0.25) is 5.01 Å². The molecule has 2 aromatic heterocycles. The van der Waals surface area contributed by atoms with Crippen LogP contribution in [0.5, 0.6) is 0 Å². The molecule has 1 unspecified atom stereocenters. The molecule has 0 bridgehead atoms. The minimum Gasteiger partial charge on any atom is -0.303 e. The number of rotatable bonds is 5. The van der Waals surface area contributed by atoms with E-state index < -0.39 is 10.0 Å². The molecule has 152 valence electrons. The third-order valence-electron chi connectivity index (χ3n) is 5.36. The summed E-state index contributed by atoms with van der Waals surface area (Å²) in [5.74, 6) is 0.606. The van der Waals surface area contributed by atoms with Gasteiger partial charge in [0.05, 0.1) is 10.3 Å². The van der Waals surface area contributed by atoms with Crippen molar-refractivity contribution < 1.29 is 13.2 Å². The number of aryl methyl sites for hydroxylation is 1. The lowest BCUT2D eigenvalue weighted by Crippen LogP contribution is -2.47. The average molecular weight is 414 g/mol. The summed E-state index contributed by atoms with van der Waals surface area (Å²) in [6, 6.07) is 8.45. The van der Waals surface area contributed by atoms with E-state index in [0.29, 0.717) is 23.4 Å². The second kappa shape index (κ2) is 7.57. The van der Waals surface area contributed by atoms with Gasteiger partial charge >= 0.3 is 0 Å². The molecule has 29 heavy (non-hydrogen) atoms. The summed E-state index contributed by atoms with van der Waals surface area (Å²) in [5.41, 5.74) is 1.31. The third kappa shape index (κ3) is 3.51. The van der Waals surface area contributed by atoms with Crippen LogP contribution in [-0.2, 0) is 14.8 Å². The zero-order chi connectivity index (χ0) is 20.6. The fourth-order valence-electron chi connectivity index (χ4n) is 3.70. The van der Waals surface area contributed by atoms with Gasteiger partial charge in [0.25, 0.3) is 10.0 Å². The van der Waals surface area contributed by atoms with Gasteiger partial charge in [-0.05, 0) is 38.0 Å². The van der Waals surface area contributed by atoms with Gasteiger partial charge in [0.2, 0.25) is 0 Å². The smallest absolute Gasteiger partial charge is 0.269 e. The first kappa shape index (κ1) is 19.5. The van der Waals surface area contributed by atoms with Crippen LogP contribution in [0.25, 0.3) is 11.0 Å². The topological polar surface area (TPSA) is 88.4 Å². The molecule has 0 radical (unpaired) electrons. The predicted molar refractivity (Wildman–Crippen MR) is 110 cm³/mol. The largest absolute Gasteiger partial charge is 0.303 e. The van der Waals surface area contributed by atoms with Crippen LogP contribution in [0.2, 0.25) is 0 Å². The molecule has 1 aromatic carbocycles. The number of hydrogen-bond donors (Lipinski definition) is 0. The lowest BCUT2D eigenvalue weighted by Gasteiger charge is -2.37. The molecule has 0 spiro atoms. The molecule has 0 aliphatic carbocycles. The molecule has 1 fully saturated rings. The monoisotopic (exact) mass is 413 g/mol. The van der Waals surface area contributed by atoms with E-state index in [1.165, 1.54) is 16.5 Å². The summed E-state index contributed by atoms with van der Waals surface area (Å²) in [7, 11) is -1.90. The van der Waals surface area contributed by atoms with Crippen LogP contribution in [0.1, 0.15) is 18.4 Å².